The van der Waals surface area contributed by atoms with E-state index in [-0.39, 0.29) is 0 Å². The van der Waals surface area contributed by atoms with E-state index in [1.807, 2.05) is 6.92 Å². The van der Waals surface area contributed by atoms with Gasteiger partial charge in [0.25, 0.3) is 0 Å². The number of rotatable bonds is 2. The molecule has 1 fully saturated rings. The van der Waals surface area contributed by atoms with Crippen molar-refractivity contribution in [3.05, 3.63) is 0 Å². The van der Waals surface area contributed by atoms with E-state index in [1.54, 1.807) is 0 Å². The van der Waals surface area contributed by atoms with Gasteiger partial charge in [-0.05, 0) is 13.3 Å². The molecule has 1 aliphatic rings. The van der Waals surface area contributed by atoms with Crippen LogP contribution in [0.4, 0.5) is 0 Å². The highest BCUT2D eigenvalue weighted by Crippen LogP contribution is 2.32. The van der Waals surface area contributed by atoms with Crippen molar-refractivity contribution in [3.8, 4) is 0 Å². The van der Waals surface area contributed by atoms with E-state index in [0.717, 1.165) is 6.61 Å². The van der Waals surface area contributed by atoms with E-state index < -0.39 is 0 Å². The second kappa shape index (κ2) is 2.14. The van der Waals surface area contributed by atoms with E-state index in [1.165, 1.54) is 6.42 Å². The fourth-order valence-electron chi connectivity index (χ4n) is 0.530. The summed E-state index contributed by atoms with van der Waals surface area (Å²) in [7, 11) is 0. The van der Waals surface area contributed by atoms with Gasteiger partial charge >= 0.3 is 0 Å². The Bertz CT molecular complexity index is 65.1. The average molecular weight is 165 g/mol. The van der Waals surface area contributed by atoms with Crippen molar-refractivity contribution < 1.29 is 4.74 Å². The zero-order valence-corrected chi connectivity index (χ0v) is 5.94. The third-order valence-corrected chi connectivity index (χ3v) is 2.00. The van der Waals surface area contributed by atoms with E-state index >= 15 is 0 Å². The fraction of sp³-hybridized carbons (Fsp3) is 1.00. The summed E-state index contributed by atoms with van der Waals surface area (Å²) >= 11 is 3.42. The lowest BCUT2D eigenvalue weighted by atomic mass is 10.8. The Morgan fingerprint density at radius 2 is 2.43 bits per heavy atom. The first-order valence-electron chi connectivity index (χ1n) is 2.60. The van der Waals surface area contributed by atoms with Crippen molar-refractivity contribution in [1.82, 2.24) is 0 Å². The van der Waals surface area contributed by atoms with Gasteiger partial charge in [0, 0.05) is 11.4 Å². The van der Waals surface area contributed by atoms with Crippen molar-refractivity contribution in [2.75, 3.05) is 6.61 Å². The van der Waals surface area contributed by atoms with Crippen LogP contribution in [0.3, 0.4) is 0 Å². The number of ether oxygens (including phenoxy) is 1. The second-order valence-electron chi connectivity index (χ2n) is 1.75. The van der Waals surface area contributed by atoms with Crippen LogP contribution in [0.1, 0.15) is 13.3 Å². The van der Waals surface area contributed by atoms with E-state index in [0.29, 0.717) is 10.9 Å². The first-order valence-corrected chi connectivity index (χ1v) is 3.52. The van der Waals surface area contributed by atoms with Gasteiger partial charge < -0.3 is 4.74 Å². The maximum Gasteiger partial charge on any atom is 0.0712 e. The van der Waals surface area contributed by atoms with Crippen molar-refractivity contribution in [2.24, 2.45) is 0 Å². The standard InChI is InChI=1S/C5H9BrO/c1-2-7-5-3-4(5)6/h4-5H,2-3H2,1H3/t4-,5+/m1/s1. The minimum Gasteiger partial charge on any atom is -0.377 e. The van der Waals surface area contributed by atoms with Crippen LogP contribution in [0.25, 0.3) is 0 Å². The van der Waals surface area contributed by atoms with Crippen molar-refractivity contribution >= 4 is 15.9 Å². The normalized spacial score (nSPS) is 38.6. The van der Waals surface area contributed by atoms with Crippen molar-refractivity contribution in [2.45, 2.75) is 24.3 Å². The summed E-state index contributed by atoms with van der Waals surface area (Å²) in [6.07, 6.45) is 1.73. The Morgan fingerprint density at radius 3 is 2.57 bits per heavy atom. The smallest absolute Gasteiger partial charge is 0.0712 e. The summed E-state index contributed by atoms with van der Waals surface area (Å²) in [5.41, 5.74) is 0. The molecule has 0 bridgehead atoms. The summed E-state index contributed by atoms with van der Waals surface area (Å²) in [6.45, 7) is 2.88. The quantitative estimate of drug-likeness (QED) is 0.564. The molecule has 0 aliphatic heterocycles. The minimum absolute atomic E-state index is 0.532. The first kappa shape index (κ1) is 5.57. The van der Waals surface area contributed by atoms with Crippen LogP contribution in [0.15, 0.2) is 0 Å². The van der Waals surface area contributed by atoms with Crippen LogP contribution in [0.2, 0.25) is 0 Å². The van der Waals surface area contributed by atoms with Crippen LogP contribution < -0.4 is 0 Å². The topological polar surface area (TPSA) is 9.23 Å². The summed E-state index contributed by atoms with van der Waals surface area (Å²) in [6, 6.07) is 0. The van der Waals surface area contributed by atoms with E-state index in [2.05, 4.69) is 15.9 Å². The highest BCUT2D eigenvalue weighted by atomic mass is 79.9. The molecule has 0 aromatic rings. The van der Waals surface area contributed by atoms with Gasteiger partial charge in [-0.25, -0.2) is 0 Å². The monoisotopic (exact) mass is 164 g/mol. The Kier molecular flexibility index (Phi) is 1.70. The molecule has 42 valence electrons. The molecule has 0 N–H and O–H groups in total. The van der Waals surface area contributed by atoms with Gasteiger partial charge in [-0.15, -0.1) is 0 Å². The van der Waals surface area contributed by atoms with Crippen molar-refractivity contribution in [1.29, 1.82) is 0 Å². The van der Waals surface area contributed by atoms with Crippen LogP contribution >= 0.6 is 15.9 Å². The molecule has 0 radical (unpaired) electrons. The third kappa shape index (κ3) is 1.42. The number of halogens is 1. The molecule has 1 aliphatic carbocycles. The molecule has 0 saturated heterocycles. The first-order chi connectivity index (χ1) is 3.34. The molecule has 0 unspecified atom stereocenters. The van der Waals surface area contributed by atoms with Crippen LogP contribution in [-0.2, 0) is 4.74 Å². The number of hydrogen-bond donors (Lipinski definition) is 0. The molecule has 2 atom stereocenters. The molecule has 1 saturated carbocycles. The zero-order valence-electron chi connectivity index (χ0n) is 4.36. The van der Waals surface area contributed by atoms with Gasteiger partial charge in [0.2, 0.25) is 0 Å². The van der Waals surface area contributed by atoms with Gasteiger partial charge in [0.15, 0.2) is 0 Å². The van der Waals surface area contributed by atoms with Gasteiger partial charge in [0.05, 0.1) is 6.10 Å². The maximum absolute atomic E-state index is 5.22. The van der Waals surface area contributed by atoms with E-state index in [9.17, 15) is 0 Å². The maximum atomic E-state index is 5.22. The molecule has 0 spiro atoms. The molecule has 0 aromatic carbocycles. The predicted octanol–water partition coefficient (Wildman–Crippen LogP) is 1.56. The third-order valence-electron chi connectivity index (χ3n) is 1.04. The molecular formula is C5H9BrO. The summed E-state index contributed by atoms with van der Waals surface area (Å²) in [4.78, 5) is 0.660. The lowest BCUT2D eigenvalue weighted by Gasteiger charge is -1.91. The molecule has 7 heavy (non-hydrogen) atoms. The highest BCUT2D eigenvalue weighted by Gasteiger charge is 2.34. The summed E-state index contributed by atoms with van der Waals surface area (Å²) in [5.74, 6) is 0. The highest BCUT2D eigenvalue weighted by molar-refractivity contribution is 9.09. The predicted molar refractivity (Wildman–Crippen MR) is 32.7 cm³/mol. The molecule has 0 aromatic heterocycles. The molecule has 1 nitrogen and oxygen atoms in total. The summed E-state index contributed by atoms with van der Waals surface area (Å²) < 4.78 is 5.22. The minimum atomic E-state index is 0.532. The van der Waals surface area contributed by atoms with Gasteiger partial charge in [-0.3, -0.25) is 0 Å². The lowest BCUT2D eigenvalue weighted by molar-refractivity contribution is 0.134. The van der Waals surface area contributed by atoms with Crippen LogP contribution in [0, 0.1) is 0 Å². The van der Waals surface area contributed by atoms with Crippen LogP contribution in [-0.4, -0.2) is 17.5 Å². The van der Waals surface area contributed by atoms with Crippen LogP contribution in [0.5, 0.6) is 0 Å². The second-order valence-corrected chi connectivity index (χ2v) is 2.92. The Balaban J connectivity index is 1.98. The molecule has 2 heteroatoms. The fourth-order valence-corrected chi connectivity index (χ4v) is 1.05. The largest absolute Gasteiger partial charge is 0.377 e. The van der Waals surface area contributed by atoms with E-state index in [4.69, 9.17) is 4.74 Å². The lowest BCUT2D eigenvalue weighted by Crippen LogP contribution is -1.93. The van der Waals surface area contributed by atoms with Gasteiger partial charge in [-0.1, -0.05) is 15.9 Å². The molecule has 0 amide bonds. The Labute approximate surface area is 52.2 Å². The Morgan fingerprint density at radius 1 is 1.86 bits per heavy atom. The number of hydrogen-bond acceptors (Lipinski definition) is 1. The molecule has 1 rings (SSSR count). The van der Waals surface area contributed by atoms with Gasteiger partial charge in [0.1, 0.15) is 0 Å². The Hall–Kier alpha value is 0.440. The molecular weight excluding hydrogens is 156 g/mol. The molecule has 0 heterocycles. The average Bonchev–Trinajstić information content (AvgIpc) is 2.22. The zero-order chi connectivity index (χ0) is 5.28. The SMILES string of the molecule is CCO[C@H]1C[C@H]1Br. The summed E-state index contributed by atoms with van der Waals surface area (Å²) in [5, 5.41) is 0. The van der Waals surface area contributed by atoms with Crippen molar-refractivity contribution in [3.63, 3.8) is 0 Å². The number of alkyl halides is 1. The van der Waals surface area contributed by atoms with Gasteiger partial charge in [-0.2, -0.15) is 0 Å².